The Kier molecular flexibility index (Phi) is 4.19. The van der Waals surface area contributed by atoms with Gasteiger partial charge in [0, 0.05) is 0 Å². The molecule has 1 saturated carbocycles. The highest BCUT2D eigenvalue weighted by Crippen LogP contribution is 2.33. The Labute approximate surface area is 119 Å². The van der Waals surface area contributed by atoms with Gasteiger partial charge in [0.05, 0.1) is 23.2 Å². The van der Waals surface area contributed by atoms with Crippen LogP contribution in [-0.4, -0.2) is 22.0 Å². The first kappa shape index (κ1) is 14.0. The predicted molar refractivity (Wildman–Crippen MR) is 73.8 cm³/mol. The summed E-state index contributed by atoms with van der Waals surface area (Å²) in [5, 5.41) is 11.9. The van der Waals surface area contributed by atoms with Gasteiger partial charge in [0.15, 0.2) is 0 Å². The highest BCUT2D eigenvalue weighted by atomic mass is 79.9. The number of aliphatic carboxylic acids is 1. The van der Waals surface area contributed by atoms with E-state index in [9.17, 15) is 9.59 Å². The molecule has 6 heteroatoms. The van der Waals surface area contributed by atoms with Gasteiger partial charge in [-0.05, 0) is 47.8 Å². The second-order valence-electron chi connectivity index (χ2n) is 4.74. The molecule has 2 atom stereocenters. The van der Waals surface area contributed by atoms with Crippen LogP contribution in [0, 0.1) is 18.8 Å². The normalized spacial score (nSPS) is 22.2. The van der Waals surface area contributed by atoms with Gasteiger partial charge in [0.25, 0.3) is 0 Å². The Morgan fingerprint density at radius 3 is 2.68 bits per heavy atom. The number of anilines is 1. The van der Waals surface area contributed by atoms with Crippen molar-refractivity contribution >= 4 is 33.5 Å². The van der Waals surface area contributed by atoms with E-state index >= 15 is 0 Å². The van der Waals surface area contributed by atoms with Gasteiger partial charge in [-0.1, -0.05) is 6.42 Å². The number of nitrogens with zero attached hydrogens (tertiary/aromatic N) is 1. The number of halogens is 1. The lowest BCUT2D eigenvalue weighted by Crippen LogP contribution is -2.30. The van der Waals surface area contributed by atoms with Crippen molar-refractivity contribution in [3.05, 3.63) is 22.4 Å². The van der Waals surface area contributed by atoms with E-state index in [1.807, 2.05) is 0 Å². The van der Waals surface area contributed by atoms with Crippen molar-refractivity contribution in [3.8, 4) is 0 Å². The lowest BCUT2D eigenvalue weighted by Gasteiger charge is -2.16. The average Bonchev–Trinajstić information content (AvgIpc) is 2.82. The molecule has 2 rings (SSSR count). The third kappa shape index (κ3) is 3.12. The summed E-state index contributed by atoms with van der Waals surface area (Å²) in [6.07, 6.45) is 1.99. The van der Waals surface area contributed by atoms with Crippen LogP contribution >= 0.6 is 15.9 Å². The highest BCUT2D eigenvalue weighted by molar-refractivity contribution is 9.10. The van der Waals surface area contributed by atoms with Crippen LogP contribution in [0.2, 0.25) is 0 Å². The van der Waals surface area contributed by atoms with Gasteiger partial charge >= 0.3 is 5.97 Å². The fourth-order valence-corrected chi connectivity index (χ4v) is 2.86. The Balaban J connectivity index is 2.10. The number of carbonyl (C=O) groups is 2. The summed E-state index contributed by atoms with van der Waals surface area (Å²) >= 11 is 3.26. The zero-order valence-corrected chi connectivity index (χ0v) is 12.1. The summed E-state index contributed by atoms with van der Waals surface area (Å²) in [5.41, 5.74) is 1.33. The fourth-order valence-electron chi connectivity index (χ4n) is 2.46. The second-order valence-corrected chi connectivity index (χ2v) is 5.55. The molecule has 0 radical (unpaired) electrons. The van der Waals surface area contributed by atoms with Gasteiger partial charge in [0.1, 0.15) is 4.60 Å². The van der Waals surface area contributed by atoms with E-state index in [4.69, 9.17) is 5.11 Å². The maximum Gasteiger partial charge on any atom is 0.307 e. The number of nitrogens with one attached hydrogen (secondary N) is 1. The predicted octanol–water partition coefficient (Wildman–Crippen LogP) is 2.59. The number of hydrogen-bond donors (Lipinski definition) is 2. The van der Waals surface area contributed by atoms with Crippen LogP contribution in [0.5, 0.6) is 0 Å². The van der Waals surface area contributed by atoms with Gasteiger partial charge in [-0.25, -0.2) is 4.98 Å². The third-order valence-electron chi connectivity index (χ3n) is 3.48. The Hall–Kier alpha value is -1.43. The molecular formula is C13H15BrN2O3. The first-order valence-corrected chi connectivity index (χ1v) is 6.95. The quantitative estimate of drug-likeness (QED) is 0.837. The summed E-state index contributed by atoms with van der Waals surface area (Å²) in [6.45, 7) is 1.80. The Bertz CT molecular complexity index is 519. The molecule has 1 aromatic rings. The number of carboxylic acid groups (broad SMARTS) is 1. The number of rotatable bonds is 3. The fraction of sp³-hybridized carbons (Fsp3) is 0.462. The van der Waals surface area contributed by atoms with E-state index < -0.39 is 17.8 Å². The van der Waals surface area contributed by atoms with Crippen LogP contribution in [0.3, 0.4) is 0 Å². The Morgan fingerprint density at radius 1 is 1.37 bits per heavy atom. The largest absolute Gasteiger partial charge is 0.481 e. The molecule has 1 heterocycles. The number of carbonyl (C=O) groups excluding carboxylic acids is 1. The van der Waals surface area contributed by atoms with Crippen molar-refractivity contribution in [1.29, 1.82) is 0 Å². The number of pyridine rings is 1. The average molecular weight is 327 g/mol. The van der Waals surface area contributed by atoms with Crippen molar-refractivity contribution in [2.45, 2.75) is 26.2 Å². The van der Waals surface area contributed by atoms with Crippen LogP contribution < -0.4 is 5.32 Å². The zero-order valence-electron chi connectivity index (χ0n) is 10.5. The van der Waals surface area contributed by atoms with E-state index in [1.165, 1.54) is 0 Å². The minimum Gasteiger partial charge on any atom is -0.481 e. The molecule has 0 aliphatic heterocycles. The van der Waals surface area contributed by atoms with Crippen LogP contribution in [0.1, 0.15) is 25.0 Å². The van der Waals surface area contributed by atoms with Crippen molar-refractivity contribution in [3.63, 3.8) is 0 Å². The summed E-state index contributed by atoms with van der Waals surface area (Å²) in [5.74, 6) is -2.12. The van der Waals surface area contributed by atoms with Gasteiger partial charge in [0.2, 0.25) is 5.91 Å². The van der Waals surface area contributed by atoms with E-state index in [0.29, 0.717) is 28.8 Å². The number of carboxylic acids is 1. The molecule has 1 amide bonds. The van der Waals surface area contributed by atoms with Crippen molar-refractivity contribution < 1.29 is 14.7 Å². The molecule has 19 heavy (non-hydrogen) atoms. The van der Waals surface area contributed by atoms with Crippen molar-refractivity contribution in [2.24, 2.45) is 11.8 Å². The van der Waals surface area contributed by atoms with E-state index in [0.717, 1.165) is 6.42 Å². The first-order chi connectivity index (χ1) is 8.99. The molecule has 1 fully saturated rings. The summed E-state index contributed by atoms with van der Waals surface area (Å²) in [6, 6.07) is 3.50. The summed E-state index contributed by atoms with van der Waals surface area (Å²) < 4.78 is 0.701. The van der Waals surface area contributed by atoms with Crippen molar-refractivity contribution in [2.75, 3.05) is 5.32 Å². The van der Waals surface area contributed by atoms with E-state index in [2.05, 4.69) is 26.2 Å². The number of aromatic nitrogens is 1. The van der Waals surface area contributed by atoms with Crippen LogP contribution in [0.4, 0.5) is 5.69 Å². The highest BCUT2D eigenvalue weighted by Gasteiger charge is 2.37. The molecule has 5 nitrogen and oxygen atoms in total. The molecular weight excluding hydrogens is 312 g/mol. The molecule has 0 spiro atoms. The standard InChI is InChI=1S/C13H15BrN2O3/c1-7-10(5-6-11(14)15-7)16-12(17)8-3-2-4-9(8)13(18)19/h5-6,8-9H,2-4H2,1H3,(H,16,17)(H,18,19). The van der Waals surface area contributed by atoms with Crippen LogP contribution in [0.15, 0.2) is 16.7 Å². The smallest absolute Gasteiger partial charge is 0.307 e. The maximum absolute atomic E-state index is 12.2. The molecule has 0 saturated heterocycles. The molecule has 1 aliphatic carbocycles. The lowest BCUT2D eigenvalue weighted by molar-refractivity contribution is -0.145. The first-order valence-electron chi connectivity index (χ1n) is 6.16. The van der Waals surface area contributed by atoms with Crippen molar-refractivity contribution in [1.82, 2.24) is 4.98 Å². The molecule has 0 aromatic carbocycles. The molecule has 1 aliphatic rings. The second kappa shape index (κ2) is 5.69. The molecule has 2 N–H and O–H groups in total. The monoisotopic (exact) mass is 326 g/mol. The van der Waals surface area contributed by atoms with E-state index in [-0.39, 0.29) is 5.91 Å². The van der Waals surface area contributed by atoms with Gasteiger partial charge in [-0.2, -0.15) is 0 Å². The minimum atomic E-state index is -0.886. The number of amides is 1. The van der Waals surface area contributed by atoms with Crippen LogP contribution in [0.25, 0.3) is 0 Å². The topological polar surface area (TPSA) is 79.3 Å². The molecule has 102 valence electrons. The lowest BCUT2D eigenvalue weighted by atomic mass is 9.95. The number of aryl methyl sites for hydroxylation is 1. The molecule has 0 bridgehead atoms. The van der Waals surface area contributed by atoms with Gasteiger partial charge < -0.3 is 10.4 Å². The minimum absolute atomic E-state index is 0.225. The van der Waals surface area contributed by atoms with Gasteiger partial charge in [-0.15, -0.1) is 0 Å². The van der Waals surface area contributed by atoms with Crippen LogP contribution in [-0.2, 0) is 9.59 Å². The Morgan fingerprint density at radius 2 is 2.05 bits per heavy atom. The maximum atomic E-state index is 12.2. The summed E-state index contributed by atoms with van der Waals surface area (Å²) in [4.78, 5) is 27.4. The number of hydrogen-bond acceptors (Lipinski definition) is 3. The third-order valence-corrected chi connectivity index (χ3v) is 3.92. The molecule has 2 unspecified atom stereocenters. The SMILES string of the molecule is Cc1nc(Br)ccc1NC(=O)C1CCCC1C(=O)O. The zero-order chi connectivity index (χ0) is 14.0. The molecule has 1 aromatic heterocycles. The van der Waals surface area contributed by atoms with E-state index in [1.54, 1.807) is 19.1 Å². The van der Waals surface area contributed by atoms with Gasteiger partial charge in [-0.3, -0.25) is 9.59 Å². The summed E-state index contributed by atoms with van der Waals surface area (Å²) in [7, 11) is 0.